The summed E-state index contributed by atoms with van der Waals surface area (Å²) >= 11 is 0. The molecule has 90 valence electrons. The first kappa shape index (κ1) is 13.2. The maximum absolute atomic E-state index is 11.8. The van der Waals surface area contributed by atoms with E-state index in [1.807, 2.05) is 31.2 Å². The molecular weight excluding hydrogens is 222 g/mol. The Kier molecular flexibility index (Phi) is 5.49. The van der Waals surface area contributed by atoms with E-state index in [0.717, 1.165) is 17.7 Å². The van der Waals surface area contributed by atoms with Crippen molar-refractivity contribution in [3.63, 3.8) is 0 Å². The molecule has 0 aliphatic heterocycles. The molecule has 2 unspecified atom stereocenters. The predicted octanol–water partition coefficient (Wildman–Crippen LogP) is 1.68. The lowest BCUT2D eigenvalue weighted by Gasteiger charge is -2.10. The van der Waals surface area contributed by atoms with Gasteiger partial charge >= 0.3 is 0 Å². The molecule has 0 spiro atoms. The summed E-state index contributed by atoms with van der Waals surface area (Å²) in [6.07, 6.45) is 0.859. The van der Waals surface area contributed by atoms with E-state index in [1.165, 1.54) is 0 Å². The summed E-state index contributed by atoms with van der Waals surface area (Å²) in [7, 11) is 0.707. The monoisotopic (exact) mass is 241 g/mol. The summed E-state index contributed by atoms with van der Waals surface area (Å²) in [5.74, 6) is 1.85. The Labute approximate surface area is 99.4 Å². The fourth-order valence-electron chi connectivity index (χ4n) is 1.41. The van der Waals surface area contributed by atoms with Gasteiger partial charge in [0.1, 0.15) is 5.75 Å². The number of para-hydroxylation sites is 1. The standard InChI is InChI=1S/C12H19NO2S/c1-3-11(13)9-16(14)8-10-6-4-5-7-12(10)15-2/h4-7,11H,3,8-9,13H2,1-2H3. The van der Waals surface area contributed by atoms with Crippen LogP contribution in [0.5, 0.6) is 5.75 Å². The molecule has 1 aromatic rings. The van der Waals surface area contributed by atoms with Crippen molar-refractivity contribution in [3.05, 3.63) is 29.8 Å². The molecule has 16 heavy (non-hydrogen) atoms. The van der Waals surface area contributed by atoms with Gasteiger partial charge in [-0.15, -0.1) is 0 Å². The van der Waals surface area contributed by atoms with Gasteiger partial charge in [0, 0.05) is 28.2 Å². The Hall–Kier alpha value is -0.870. The van der Waals surface area contributed by atoms with E-state index >= 15 is 0 Å². The molecule has 0 amide bonds. The van der Waals surface area contributed by atoms with Crippen LogP contribution in [0.15, 0.2) is 24.3 Å². The smallest absolute Gasteiger partial charge is 0.122 e. The summed E-state index contributed by atoms with van der Waals surface area (Å²) in [6.45, 7) is 2.00. The predicted molar refractivity (Wildman–Crippen MR) is 68.0 cm³/mol. The van der Waals surface area contributed by atoms with Crippen molar-refractivity contribution in [2.75, 3.05) is 12.9 Å². The van der Waals surface area contributed by atoms with Crippen LogP contribution in [-0.2, 0) is 16.6 Å². The van der Waals surface area contributed by atoms with Gasteiger partial charge in [-0.3, -0.25) is 4.21 Å². The Morgan fingerprint density at radius 2 is 2.12 bits per heavy atom. The average molecular weight is 241 g/mol. The normalized spacial score (nSPS) is 14.4. The highest BCUT2D eigenvalue weighted by Gasteiger charge is 2.09. The third kappa shape index (κ3) is 3.94. The molecule has 4 heteroatoms. The molecule has 0 aromatic heterocycles. The lowest BCUT2D eigenvalue weighted by atomic mass is 10.2. The number of benzene rings is 1. The van der Waals surface area contributed by atoms with E-state index in [9.17, 15) is 4.21 Å². The van der Waals surface area contributed by atoms with Gasteiger partial charge in [-0.1, -0.05) is 25.1 Å². The summed E-state index contributed by atoms with van der Waals surface area (Å²) in [5, 5.41) is 0. The summed E-state index contributed by atoms with van der Waals surface area (Å²) in [4.78, 5) is 0. The number of hydrogen-bond donors (Lipinski definition) is 1. The molecule has 0 fully saturated rings. The van der Waals surface area contributed by atoms with Crippen LogP contribution in [0, 0.1) is 0 Å². The van der Waals surface area contributed by atoms with Gasteiger partial charge in [0.15, 0.2) is 0 Å². The average Bonchev–Trinajstić information content (AvgIpc) is 2.29. The highest BCUT2D eigenvalue weighted by atomic mass is 32.2. The van der Waals surface area contributed by atoms with Crippen LogP contribution in [0.25, 0.3) is 0 Å². The van der Waals surface area contributed by atoms with Crippen LogP contribution < -0.4 is 10.5 Å². The van der Waals surface area contributed by atoms with Crippen LogP contribution in [0.2, 0.25) is 0 Å². The number of methoxy groups -OCH3 is 1. The van der Waals surface area contributed by atoms with E-state index in [-0.39, 0.29) is 6.04 Å². The number of ether oxygens (including phenoxy) is 1. The molecule has 1 aromatic carbocycles. The van der Waals surface area contributed by atoms with Crippen molar-refractivity contribution >= 4 is 10.8 Å². The second kappa shape index (κ2) is 6.66. The molecule has 2 N–H and O–H groups in total. The lowest BCUT2D eigenvalue weighted by Crippen LogP contribution is -2.26. The third-order valence-corrected chi connectivity index (χ3v) is 3.87. The first-order valence-electron chi connectivity index (χ1n) is 5.39. The van der Waals surface area contributed by atoms with Crippen LogP contribution in [0.4, 0.5) is 0 Å². The van der Waals surface area contributed by atoms with Gasteiger partial charge in [0.25, 0.3) is 0 Å². The van der Waals surface area contributed by atoms with Crippen molar-refractivity contribution < 1.29 is 8.95 Å². The first-order valence-corrected chi connectivity index (χ1v) is 6.88. The lowest BCUT2D eigenvalue weighted by molar-refractivity contribution is 0.411. The van der Waals surface area contributed by atoms with Crippen LogP contribution >= 0.6 is 0 Å². The van der Waals surface area contributed by atoms with Gasteiger partial charge in [-0.25, -0.2) is 0 Å². The molecule has 0 saturated carbocycles. The summed E-state index contributed by atoms with van der Waals surface area (Å²) in [6, 6.07) is 7.67. The molecule has 3 nitrogen and oxygen atoms in total. The Morgan fingerprint density at radius 1 is 1.44 bits per heavy atom. The van der Waals surface area contributed by atoms with Gasteiger partial charge in [-0.2, -0.15) is 0 Å². The molecular formula is C12H19NO2S. The molecule has 0 radical (unpaired) electrons. The van der Waals surface area contributed by atoms with Crippen molar-refractivity contribution in [1.82, 2.24) is 0 Å². The SMILES string of the molecule is CCC(N)CS(=O)Cc1ccccc1OC. The number of nitrogens with two attached hydrogens (primary N) is 1. The minimum absolute atomic E-state index is 0.0236. The van der Waals surface area contributed by atoms with E-state index in [4.69, 9.17) is 10.5 Å². The van der Waals surface area contributed by atoms with Gasteiger partial charge in [0.05, 0.1) is 12.9 Å². The Balaban J connectivity index is 2.62. The maximum Gasteiger partial charge on any atom is 0.122 e. The van der Waals surface area contributed by atoms with E-state index in [1.54, 1.807) is 7.11 Å². The van der Waals surface area contributed by atoms with E-state index in [2.05, 4.69) is 0 Å². The minimum atomic E-state index is -0.918. The fourth-order valence-corrected chi connectivity index (χ4v) is 2.83. The Morgan fingerprint density at radius 3 is 2.75 bits per heavy atom. The molecule has 0 aliphatic rings. The zero-order valence-electron chi connectivity index (χ0n) is 9.81. The van der Waals surface area contributed by atoms with Crippen molar-refractivity contribution in [1.29, 1.82) is 0 Å². The molecule has 0 saturated heterocycles. The maximum atomic E-state index is 11.8. The minimum Gasteiger partial charge on any atom is -0.496 e. The quantitative estimate of drug-likeness (QED) is 0.824. The van der Waals surface area contributed by atoms with Gasteiger partial charge in [-0.05, 0) is 12.5 Å². The fraction of sp³-hybridized carbons (Fsp3) is 0.500. The van der Waals surface area contributed by atoms with Crippen LogP contribution in [-0.4, -0.2) is 23.1 Å². The highest BCUT2D eigenvalue weighted by molar-refractivity contribution is 7.84. The summed E-state index contributed by atoms with van der Waals surface area (Å²) in [5.41, 5.74) is 6.75. The number of hydrogen-bond acceptors (Lipinski definition) is 3. The third-order valence-electron chi connectivity index (χ3n) is 2.43. The summed E-state index contributed by atoms with van der Waals surface area (Å²) < 4.78 is 17.0. The molecule has 0 heterocycles. The van der Waals surface area contributed by atoms with Crippen molar-refractivity contribution in [2.45, 2.75) is 25.1 Å². The Bertz CT molecular complexity index is 355. The zero-order chi connectivity index (χ0) is 12.0. The first-order chi connectivity index (χ1) is 7.67. The van der Waals surface area contributed by atoms with Gasteiger partial charge < -0.3 is 10.5 Å². The van der Waals surface area contributed by atoms with Crippen LogP contribution in [0.1, 0.15) is 18.9 Å². The molecule has 0 bridgehead atoms. The molecule has 0 aliphatic carbocycles. The second-order valence-corrected chi connectivity index (χ2v) is 5.23. The second-order valence-electron chi connectivity index (χ2n) is 3.73. The highest BCUT2D eigenvalue weighted by Crippen LogP contribution is 2.19. The zero-order valence-corrected chi connectivity index (χ0v) is 10.6. The topological polar surface area (TPSA) is 52.3 Å². The van der Waals surface area contributed by atoms with Crippen molar-refractivity contribution in [2.24, 2.45) is 5.73 Å². The number of rotatable bonds is 6. The van der Waals surface area contributed by atoms with E-state index in [0.29, 0.717) is 11.5 Å². The largest absolute Gasteiger partial charge is 0.496 e. The van der Waals surface area contributed by atoms with Gasteiger partial charge in [0.2, 0.25) is 0 Å². The molecule has 2 atom stereocenters. The molecule has 1 rings (SSSR count). The van der Waals surface area contributed by atoms with Crippen molar-refractivity contribution in [3.8, 4) is 5.75 Å². The van der Waals surface area contributed by atoms with E-state index < -0.39 is 10.8 Å². The van der Waals surface area contributed by atoms with Crippen LogP contribution in [0.3, 0.4) is 0 Å².